The van der Waals surface area contributed by atoms with Crippen LogP contribution < -0.4 is 11.1 Å². The summed E-state index contributed by atoms with van der Waals surface area (Å²) in [5, 5.41) is 10.4. The largest absolute Gasteiger partial charge is 0.407 e. The predicted octanol–water partition coefficient (Wildman–Crippen LogP) is 1.84. The third kappa shape index (κ3) is 2.59. The van der Waals surface area contributed by atoms with Gasteiger partial charge in [-0.2, -0.15) is 0 Å². The Bertz CT molecular complexity index is 500. The van der Waals surface area contributed by atoms with Crippen LogP contribution in [0.15, 0.2) is 28.7 Å². The van der Waals surface area contributed by atoms with Crippen LogP contribution in [0, 0.1) is 5.82 Å². The van der Waals surface area contributed by atoms with Gasteiger partial charge in [0.05, 0.1) is 12.6 Å². The van der Waals surface area contributed by atoms with Gasteiger partial charge in [-0.25, -0.2) is 4.39 Å². The third-order valence-electron chi connectivity index (χ3n) is 2.35. The molecule has 1 atom stereocenters. The van der Waals surface area contributed by atoms with Crippen molar-refractivity contribution in [2.75, 3.05) is 5.32 Å². The molecule has 0 aliphatic carbocycles. The topological polar surface area (TPSA) is 77.0 Å². The highest BCUT2D eigenvalue weighted by Gasteiger charge is 2.13. The summed E-state index contributed by atoms with van der Waals surface area (Å²) in [5.74, 6) is 0.0688. The standard InChI is InChI=1S/C11H13FN4O/c1-7(8-4-2-3-5-9(8)12)14-11-16-15-10(6-13)17-11/h2-5,7H,6,13H2,1H3,(H,14,16). The minimum atomic E-state index is -0.272. The first-order chi connectivity index (χ1) is 8.20. The van der Waals surface area contributed by atoms with Crippen LogP contribution in [0.2, 0.25) is 0 Å². The van der Waals surface area contributed by atoms with Crippen molar-refractivity contribution >= 4 is 6.01 Å². The van der Waals surface area contributed by atoms with Crippen molar-refractivity contribution < 1.29 is 8.81 Å². The van der Waals surface area contributed by atoms with Crippen molar-refractivity contribution in [3.8, 4) is 0 Å². The summed E-state index contributed by atoms with van der Waals surface area (Å²) < 4.78 is 18.7. The molecule has 0 radical (unpaired) electrons. The van der Waals surface area contributed by atoms with Gasteiger partial charge in [-0.15, -0.1) is 5.10 Å². The monoisotopic (exact) mass is 236 g/mol. The molecule has 0 bridgehead atoms. The zero-order valence-corrected chi connectivity index (χ0v) is 9.35. The molecule has 17 heavy (non-hydrogen) atoms. The van der Waals surface area contributed by atoms with Crippen LogP contribution in [0.5, 0.6) is 0 Å². The smallest absolute Gasteiger partial charge is 0.315 e. The molecule has 0 saturated carbocycles. The van der Waals surface area contributed by atoms with Gasteiger partial charge in [0.1, 0.15) is 5.82 Å². The second-order valence-electron chi connectivity index (χ2n) is 3.59. The summed E-state index contributed by atoms with van der Waals surface area (Å²) in [7, 11) is 0. The molecule has 5 nitrogen and oxygen atoms in total. The van der Waals surface area contributed by atoms with Crippen molar-refractivity contribution in [2.45, 2.75) is 19.5 Å². The molecular formula is C11H13FN4O. The number of benzene rings is 1. The average molecular weight is 236 g/mol. The Balaban J connectivity index is 2.11. The lowest BCUT2D eigenvalue weighted by Gasteiger charge is -2.12. The van der Waals surface area contributed by atoms with E-state index in [9.17, 15) is 4.39 Å². The van der Waals surface area contributed by atoms with Gasteiger partial charge in [0.15, 0.2) is 0 Å². The van der Waals surface area contributed by atoms with Crippen molar-refractivity contribution in [3.05, 3.63) is 41.5 Å². The average Bonchev–Trinajstić information content (AvgIpc) is 2.77. The molecule has 6 heteroatoms. The number of hydrogen-bond donors (Lipinski definition) is 2. The number of aromatic nitrogens is 2. The highest BCUT2D eigenvalue weighted by Crippen LogP contribution is 2.20. The lowest BCUT2D eigenvalue weighted by atomic mass is 10.1. The van der Waals surface area contributed by atoms with E-state index >= 15 is 0 Å². The maximum Gasteiger partial charge on any atom is 0.315 e. The van der Waals surface area contributed by atoms with E-state index in [4.69, 9.17) is 10.2 Å². The van der Waals surface area contributed by atoms with E-state index in [1.54, 1.807) is 18.2 Å². The normalized spacial score (nSPS) is 12.4. The summed E-state index contributed by atoms with van der Waals surface area (Å²) in [4.78, 5) is 0. The summed E-state index contributed by atoms with van der Waals surface area (Å²) in [5.41, 5.74) is 5.89. The van der Waals surface area contributed by atoms with Crippen LogP contribution in [0.4, 0.5) is 10.4 Å². The van der Waals surface area contributed by atoms with Crippen LogP contribution in [-0.4, -0.2) is 10.2 Å². The van der Waals surface area contributed by atoms with E-state index in [-0.39, 0.29) is 24.4 Å². The Kier molecular flexibility index (Phi) is 3.34. The maximum absolute atomic E-state index is 13.5. The summed E-state index contributed by atoms with van der Waals surface area (Å²) in [6.07, 6.45) is 0. The summed E-state index contributed by atoms with van der Waals surface area (Å²) in [6.45, 7) is 1.99. The number of rotatable bonds is 4. The molecule has 0 amide bonds. The van der Waals surface area contributed by atoms with Gasteiger partial charge in [-0.1, -0.05) is 23.3 Å². The zero-order chi connectivity index (χ0) is 12.3. The van der Waals surface area contributed by atoms with E-state index in [1.165, 1.54) is 6.07 Å². The Morgan fingerprint density at radius 3 is 2.82 bits per heavy atom. The minimum absolute atomic E-state index is 0.183. The quantitative estimate of drug-likeness (QED) is 0.847. The van der Waals surface area contributed by atoms with Gasteiger partial charge in [-0.05, 0) is 13.0 Å². The molecule has 3 N–H and O–H groups in total. The van der Waals surface area contributed by atoms with Gasteiger partial charge in [-0.3, -0.25) is 0 Å². The van der Waals surface area contributed by atoms with E-state index in [2.05, 4.69) is 15.5 Å². The molecule has 0 spiro atoms. The molecule has 0 saturated heterocycles. The summed E-state index contributed by atoms with van der Waals surface area (Å²) in [6, 6.07) is 6.50. The first kappa shape index (κ1) is 11.5. The molecule has 1 aromatic heterocycles. The highest BCUT2D eigenvalue weighted by atomic mass is 19.1. The van der Waals surface area contributed by atoms with Gasteiger partial charge in [0.2, 0.25) is 5.89 Å². The molecule has 1 aromatic carbocycles. The Morgan fingerprint density at radius 1 is 1.41 bits per heavy atom. The van der Waals surface area contributed by atoms with Crippen molar-refractivity contribution in [1.29, 1.82) is 0 Å². The second kappa shape index (κ2) is 4.92. The van der Waals surface area contributed by atoms with Crippen LogP contribution >= 0.6 is 0 Å². The second-order valence-corrected chi connectivity index (χ2v) is 3.59. The van der Waals surface area contributed by atoms with Gasteiger partial charge < -0.3 is 15.5 Å². The first-order valence-electron chi connectivity index (χ1n) is 5.24. The molecule has 0 aliphatic heterocycles. The molecule has 0 aliphatic rings. The number of nitrogens with two attached hydrogens (primary N) is 1. The van der Waals surface area contributed by atoms with Crippen molar-refractivity contribution in [2.24, 2.45) is 5.73 Å². The minimum Gasteiger partial charge on any atom is -0.407 e. The van der Waals surface area contributed by atoms with E-state index in [0.717, 1.165) is 0 Å². The molecule has 2 aromatic rings. The van der Waals surface area contributed by atoms with Crippen LogP contribution in [0.1, 0.15) is 24.4 Å². The lowest BCUT2D eigenvalue weighted by molar-refractivity contribution is 0.501. The Morgan fingerprint density at radius 2 is 2.18 bits per heavy atom. The summed E-state index contributed by atoms with van der Waals surface area (Å²) >= 11 is 0. The SMILES string of the molecule is CC(Nc1nnc(CN)o1)c1ccccc1F. The molecule has 0 fully saturated rings. The molecule has 1 heterocycles. The lowest BCUT2D eigenvalue weighted by Crippen LogP contribution is -2.08. The fraction of sp³-hybridized carbons (Fsp3) is 0.273. The maximum atomic E-state index is 13.5. The third-order valence-corrected chi connectivity index (χ3v) is 2.35. The Hall–Kier alpha value is -1.95. The zero-order valence-electron chi connectivity index (χ0n) is 9.35. The molecule has 90 valence electrons. The Labute approximate surface area is 97.8 Å². The van der Waals surface area contributed by atoms with E-state index in [1.807, 2.05) is 6.92 Å². The van der Waals surface area contributed by atoms with Crippen LogP contribution in [0.25, 0.3) is 0 Å². The first-order valence-corrected chi connectivity index (χ1v) is 5.24. The predicted molar refractivity (Wildman–Crippen MR) is 60.6 cm³/mol. The van der Waals surface area contributed by atoms with Crippen LogP contribution in [0.3, 0.4) is 0 Å². The van der Waals surface area contributed by atoms with Gasteiger partial charge >= 0.3 is 6.01 Å². The van der Waals surface area contributed by atoms with Gasteiger partial charge in [0, 0.05) is 5.56 Å². The molecule has 1 unspecified atom stereocenters. The highest BCUT2D eigenvalue weighted by molar-refractivity contribution is 5.29. The number of nitrogens with zero attached hydrogens (tertiary/aromatic N) is 2. The van der Waals surface area contributed by atoms with Crippen molar-refractivity contribution in [3.63, 3.8) is 0 Å². The number of nitrogens with one attached hydrogen (secondary N) is 1. The fourth-order valence-electron chi connectivity index (χ4n) is 1.48. The number of anilines is 1. The van der Waals surface area contributed by atoms with E-state index in [0.29, 0.717) is 11.5 Å². The fourth-order valence-corrected chi connectivity index (χ4v) is 1.48. The number of halogens is 1. The number of hydrogen-bond acceptors (Lipinski definition) is 5. The molecular weight excluding hydrogens is 223 g/mol. The van der Waals surface area contributed by atoms with Crippen molar-refractivity contribution in [1.82, 2.24) is 10.2 Å². The molecule has 2 rings (SSSR count). The van der Waals surface area contributed by atoms with Crippen LogP contribution in [-0.2, 0) is 6.54 Å². The van der Waals surface area contributed by atoms with Gasteiger partial charge in [0.25, 0.3) is 0 Å². The van der Waals surface area contributed by atoms with E-state index < -0.39 is 0 Å².